The number of nitrogens with one attached hydrogen (secondary N) is 1. The SMILES string of the molecule is CCC(C)NC(=O)C(C)N(Cc1cccc(C)c1)C(=O)CN(c1cc(Cl)cc(Cl)c1)S(C)(=O)=O. The van der Waals surface area contributed by atoms with E-state index in [2.05, 4.69) is 5.32 Å². The fraction of sp³-hybridized carbons (Fsp3) is 0.417. The molecule has 1 N–H and O–H groups in total. The lowest BCUT2D eigenvalue weighted by Gasteiger charge is -2.32. The van der Waals surface area contributed by atoms with E-state index < -0.39 is 28.5 Å². The van der Waals surface area contributed by atoms with Gasteiger partial charge in [-0.25, -0.2) is 8.42 Å². The van der Waals surface area contributed by atoms with E-state index in [0.717, 1.165) is 28.1 Å². The molecule has 0 aromatic heterocycles. The number of rotatable bonds is 10. The van der Waals surface area contributed by atoms with Crippen LogP contribution in [0.25, 0.3) is 0 Å². The summed E-state index contributed by atoms with van der Waals surface area (Å²) in [4.78, 5) is 27.8. The minimum atomic E-state index is -3.86. The van der Waals surface area contributed by atoms with Crippen molar-refractivity contribution >= 4 is 50.7 Å². The van der Waals surface area contributed by atoms with E-state index in [0.29, 0.717) is 0 Å². The van der Waals surface area contributed by atoms with Crippen molar-refractivity contribution in [1.29, 1.82) is 0 Å². The molecule has 0 fully saturated rings. The van der Waals surface area contributed by atoms with Crippen molar-refractivity contribution in [2.24, 2.45) is 0 Å². The minimum Gasteiger partial charge on any atom is -0.352 e. The van der Waals surface area contributed by atoms with Crippen LogP contribution in [0, 0.1) is 6.92 Å². The van der Waals surface area contributed by atoms with Gasteiger partial charge in [0.05, 0.1) is 11.9 Å². The third-order valence-corrected chi connectivity index (χ3v) is 7.00. The Kier molecular flexibility index (Phi) is 9.79. The summed E-state index contributed by atoms with van der Waals surface area (Å²) in [5.41, 5.74) is 2.00. The molecular weight excluding hydrogens is 497 g/mol. The van der Waals surface area contributed by atoms with E-state index >= 15 is 0 Å². The number of carbonyl (C=O) groups is 2. The van der Waals surface area contributed by atoms with Crippen LogP contribution in [0.4, 0.5) is 5.69 Å². The number of hydrogen-bond acceptors (Lipinski definition) is 4. The number of sulfonamides is 1. The normalized spacial score (nSPS) is 13.1. The molecule has 2 aromatic rings. The molecule has 2 atom stereocenters. The number of hydrogen-bond donors (Lipinski definition) is 1. The van der Waals surface area contributed by atoms with Crippen LogP contribution in [-0.2, 0) is 26.2 Å². The van der Waals surface area contributed by atoms with Gasteiger partial charge >= 0.3 is 0 Å². The molecule has 0 bridgehead atoms. The molecule has 0 saturated heterocycles. The Morgan fingerprint density at radius 2 is 1.68 bits per heavy atom. The summed E-state index contributed by atoms with van der Waals surface area (Å²) in [6.45, 7) is 7.03. The van der Waals surface area contributed by atoms with Crippen molar-refractivity contribution in [1.82, 2.24) is 10.2 Å². The molecule has 34 heavy (non-hydrogen) atoms. The smallest absolute Gasteiger partial charge is 0.244 e. The third-order valence-electron chi connectivity index (χ3n) is 5.42. The van der Waals surface area contributed by atoms with Crippen molar-refractivity contribution in [3.63, 3.8) is 0 Å². The van der Waals surface area contributed by atoms with Crippen LogP contribution in [0.5, 0.6) is 0 Å². The minimum absolute atomic E-state index is 0.0630. The van der Waals surface area contributed by atoms with Crippen molar-refractivity contribution < 1.29 is 18.0 Å². The molecule has 2 amide bonds. The molecule has 2 aromatic carbocycles. The zero-order valence-corrected chi connectivity index (χ0v) is 22.3. The lowest BCUT2D eigenvalue weighted by atomic mass is 10.1. The maximum Gasteiger partial charge on any atom is 0.244 e. The molecule has 0 radical (unpaired) electrons. The fourth-order valence-electron chi connectivity index (χ4n) is 3.35. The molecule has 0 heterocycles. The Hall–Kier alpha value is -2.29. The monoisotopic (exact) mass is 527 g/mol. The highest BCUT2D eigenvalue weighted by atomic mass is 35.5. The standard InChI is InChI=1S/C24H31Cl2N3O4S/c1-6-17(3)27-24(31)18(4)28(14-19-9-7-8-16(2)10-19)23(30)15-29(34(5,32)33)22-12-20(25)11-21(26)13-22/h7-13,17-18H,6,14-15H2,1-5H3,(H,27,31). The quantitative estimate of drug-likeness (QED) is 0.495. The van der Waals surface area contributed by atoms with Gasteiger partial charge in [0.15, 0.2) is 0 Å². The van der Waals surface area contributed by atoms with Gasteiger partial charge in [0.2, 0.25) is 21.8 Å². The molecule has 2 unspecified atom stereocenters. The summed E-state index contributed by atoms with van der Waals surface area (Å²) >= 11 is 12.1. The Labute approximate surface area is 212 Å². The summed E-state index contributed by atoms with van der Waals surface area (Å²) in [5.74, 6) is -0.845. The van der Waals surface area contributed by atoms with Crippen molar-refractivity contribution in [2.45, 2.75) is 52.7 Å². The van der Waals surface area contributed by atoms with E-state index in [9.17, 15) is 18.0 Å². The lowest BCUT2D eigenvalue weighted by molar-refractivity contribution is -0.139. The van der Waals surface area contributed by atoms with Crippen LogP contribution < -0.4 is 9.62 Å². The second kappa shape index (κ2) is 11.9. The average molecular weight is 529 g/mol. The maximum atomic E-state index is 13.5. The molecule has 0 aliphatic rings. The largest absolute Gasteiger partial charge is 0.352 e. The number of nitrogens with zero attached hydrogens (tertiary/aromatic N) is 2. The van der Waals surface area contributed by atoms with Gasteiger partial charge in [-0.3, -0.25) is 13.9 Å². The second-order valence-corrected chi connectivity index (χ2v) is 11.2. The van der Waals surface area contributed by atoms with Crippen molar-refractivity contribution in [3.8, 4) is 0 Å². The van der Waals surface area contributed by atoms with Gasteiger partial charge in [0, 0.05) is 22.6 Å². The highest BCUT2D eigenvalue weighted by Gasteiger charge is 2.30. The first-order chi connectivity index (χ1) is 15.8. The zero-order chi connectivity index (χ0) is 25.6. The first kappa shape index (κ1) is 28.0. The molecule has 0 aliphatic carbocycles. The van der Waals surface area contributed by atoms with Gasteiger partial charge in [-0.1, -0.05) is 60.0 Å². The van der Waals surface area contributed by atoms with Crippen LogP contribution in [0.1, 0.15) is 38.3 Å². The average Bonchev–Trinajstić information content (AvgIpc) is 2.73. The molecule has 0 saturated carbocycles. The maximum absolute atomic E-state index is 13.5. The van der Waals surface area contributed by atoms with Crippen LogP contribution in [-0.4, -0.2) is 50.0 Å². The summed E-state index contributed by atoms with van der Waals surface area (Å²) in [6.07, 6.45) is 1.74. The zero-order valence-electron chi connectivity index (χ0n) is 20.0. The lowest BCUT2D eigenvalue weighted by Crippen LogP contribution is -2.52. The number of benzene rings is 2. The molecule has 10 heteroatoms. The number of anilines is 1. The molecular formula is C24H31Cl2N3O4S. The van der Waals surface area contributed by atoms with Gasteiger partial charge in [0.1, 0.15) is 12.6 Å². The van der Waals surface area contributed by atoms with Crippen LogP contribution in [0.3, 0.4) is 0 Å². The van der Waals surface area contributed by atoms with Gasteiger partial charge in [-0.2, -0.15) is 0 Å². The van der Waals surface area contributed by atoms with Crippen molar-refractivity contribution in [2.75, 3.05) is 17.1 Å². The van der Waals surface area contributed by atoms with Crippen molar-refractivity contribution in [3.05, 3.63) is 63.6 Å². The molecule has 186 valence electrons. The molecule has 7 nitrogen and oxygen atoms in total. The highest BCUT2D eigenvalue weighted by Crippen LogP contribution is 2.27. The summed E-state index contributed by atoms with van der Waals surface area (Å²) in [7, 11) is -3.86. The fourth-order valence-corrected chi connectivity index (χ4v) is 4.70. The summed E-state index contributed by atoms with van der Waals surface area (Å²) < 4.78 is 26.1. The predicted octanol–water partition coefficient (Wildman–Crippen LogP) is 4.40. The Morgan fingerprint density at radius 3 is 2.21 bits per heavy atom. The summed E-state index contributed by atoms with van der Waals surface area (Å²) in [5, 5.41) is 3.37. The van der Waals surface area contributed by atoms with Gasteiger partial charge < -0.3 is 10.2 Å². The molecule has 2 rings (SSSR count). The highest BCUT2D eigenvalue weighted by molar-refractivity contribution is 7.92. The van der Waals surface area contributed by atoms with Crippen LogP contribution in [0.15, 0.2) is 42.5 Å². The number of halogens is 2. The topological polar surface area (TPSA) is 86.8 Å². The molecule has 0 aliphatic heterocycles. The Balaban J connectivity index is 2.42. The first-order valence-corrected chi connectivity index (χ1v) is 13.5. The van der Waals surface area contributed by atoms with E-state index in [1.54, 1.807) is 6.92 Å². The Bertz CT molecular complexity index is 1120. The number of amides is 2. The first-order valence-electron chi connectivity index (χ1n) is 10.9. The summed E-state index contributed by atoms with van der Waals surface area (Å²) in [6, 6.07) is 11.0. The van der Waals surface area contributed by atoms with Crippen LogP contribution in [0.2, 0.25) is 10.0 Å². The van der Waals surface area contributed by atoms with Gasteiger partial charge in [-0.15, -0.1) is 0 Å². The van der Waals surface area contributed by atoms with E-state index in [-0.39, 0.29) is 34.2 Å². The number of carbonyl (C=O) groups excluding carboxylic acids is 2. The second-order valence-electron chi connectivity index (χ2n) is 8.40. The number of aryl methyl sites for hydroxylation is 1. The third kappa shape index (κ3) is 7.89. The van der Waals surface area contributed by atoms with Gasteiger partial charge in [0.25, 0.3) is 0 Å². The van der Waals surface area contributed by atoms with Gasteiger partial charge in [-0.05, 0) is 51.0 Å². The van der Waals surface area contributed by atoms with Crippen LogP contribution >= 0.6 is 23.2 Å². The molecule has 0 spiro atoms. The predicted molar refractivity (Wildman–Crippen MR) is 138 cm³/mol. The Morgan fingerprint density at radius 1 is 1.06 bits per heavy atom. The van der Waals surface area contributed by atoms with E-state index in [1.807, 2.05) is 45.0 Å². The van der Waals surface area contributed by atoms with E-state index in [4.69, 9.17) is 23.2 Å². The van der Waals surface area contributed by atoms with E-state index in [1.165, 1.54) is 23.1 Å².